The highest BCUT2D eigenvalue weighted by molar-refractivity contribution is 6.09. The number of carbonyl (C=O) groups excluding carboxylic acids is 2. The van der Waals surface area contributed by atoms with E-state index in [1.807, 2.05) is 0 Å². The predicted octanol–water partition coefficient (Wildman–Crippen LogP) is 1.16. The first-order chi connectivity index (χ1) is 13.1. The maximum absolute atomic E-state index is 12.6. The summed E-state index contributed by atoms with van der Waals surface area (Å²) in [7, 11) is 0. The number of benzene rings is 2. The third-order valence-electron chi connectivity index (χ3n) is 4.52. The van der Waals surface area contributed by atoms with Crippen LogP contribution in [-0.2, 0) is 0 Å². The molecular formula is C20H25N5O2. The molecule has 0 atom stereocenters. The van der Waals surface area contributed by atoms with Gasteiger partial charge in [0, 0.05) is 50.5 Å². The van der Waals surface area contributed by atoms with Crippen molar-refractivity contribution in [2.24, 2.45) is 0 Å². The molecule has 2 aromatic rings. The second kappa shape index (κ2) is 9.16. The van der Waals surface area contributed by atoms with Gasteiger partial charge in [-0.2, -0.15) is 0 Å². The first-order valence-corrected chi connectivity index (χ1v) is 9.10. The molecule has 7 heteroatoms. The van der Waals surface area contributed by atoms with Crippen LogP contribution >= 0.6 is 0 Å². The number of carbonyl (C=O) groups is 2. The van der Waals surface area contributed by atoms with Crippen molar-refractivity contribution in [1.29, 1.82) is 0 Å². The van der Waals surface area contributed by atoms with Crippen LogP contribution in [-0.4, -0.2) is 56.0 Å². The van der Waals surface area contributed by atoms with Crippen molar-refractivity contribution in [1.82, 2.24) is 15.5 Å². The molecule has 142 valence electrons. The van der Waals surface area contributed by atoms with Crippen LogP contribution in [0, 0.1) is 0 Å². The number of nitrogens with two attached hydrogens (primary N) is 1. The maximum Gasteiger partial charge on any atom is 0.255 e. The topological polar surface area (TPSA) is 99.5 Å². The highest BCUT2D eigenvalue weighted by Crippen LogP contribution is 2.16. The Morgan fingerprint density at radius 2 is 1.70 bits per heavy atom. The Labute approximate surface area is 158 Å². The summed E-state index contributed by atoms with van der Waals surface area (Å²) in [6.45, 7) is 5.32. The van der Waals surface area contributed by atoms with Crippen LogP contribution in [0.25, 0.3) is 0 Å². The summed E-state index contributed by atoms with van der Waals surface area (Å²) in [5.41, 5.74) is 7.66. The number of rotatable bonds is 6. The van der Waals surface area contributed by atoms with Gasteiger partial charge in [0.05, 0.1) is 11.3 Å². The summed E-state index contributed by atoms with van der Waals surface area (Å²) in [6, 6.07) is 13.6. The normalized spacial score (nSPS) is 14.5. The Morgan fingerprint density at radius 3 is 2.44 bits per heavy atom. The molecule has 1 aliphatic heterocycles. The number of piperazine rings is 1. The molecule has 7 nitrogen and oxygen atoms in total. The maximum atomic E-state index is 12.6. The third kappa shape index (κ3) is 5.29. The van der Waals surface area contributed by atoms with Gasteiger partial charge in [-0.25, -0.2) is 0 Å². The summed E-state index contributed by atoms with van der Waals surface area (Å²) in [4.78, 5) is 27.3. The van der Waals surface area contributed by atoms with Gasteiger partial charge < -0.3 is 21.7 Å². The highest BCUT2D eigenvalue weighted by Gasteiger charge is 2.15. The molecule has 0 aliphatic carbocycles. The zero-order valence-corrected chi connectivity index (χ0v) is 15.2. The van der Waals surface area contributed by atoms with E-state index < -0.39 is 0 Å². The third-order valence-corrected chi connectivity index (χ3v) is 4.52. The van der Waals surface area contributed by atoms with E-state index in [2.05, 4.69) is 20.9 Å². The quantitative estimate of drug-likeness (QED) is 0.574. The van der Waals surface area contributed by atoms with Gasteiger partial charge in [-0.3, -0.25) is 14.5 Å². The van der Waals surface area contributed by atoms with Gasteiger partial charge in [0.2, 0.25) is 0 Å². The number of nitrogen functional groups attached to an aromatic ring is 1. The first kappa shape index (κ1) is 18.9. The van der Waals surface area contributed by atoms with E-state index in [0.29, 0.717) is 29.0 Å². The Balaban J connectivity index is 1.59. The average Bonchev–Trinajstić information content (AvgIpc) is 2.69. The molecule has 0 unspecified atom stereocenters. The lowest BCUT2D eigenvalue weighted by Crippen LogP contribution is -2.46. The van der Waals surface area contributed by atoms with Crippen molar-refractivity contribution in [2.45, 2.75) is 0 Å². The van der Waals surface area contributed by atoms with Gasteiger partial charge in [-0.05, 0) is 36.4 Å². The number of amides is 2. The van der Waals surface area contributed by atoms with Gasteiger partial charge in [0.25, 0.3) is 11.8 Å². The van der Waals surface area contributed by atoms with Crippen molar-refractivity contribution in [2.75, 3.05) is 50.3 Å². The van der Waals surface area contributed by atoms with E-state index in [4.69, 9.17) is 5.73 Å². The van der Waals surface area contributed by atoms with E-state index >= 15 is 0 Å². The summed E-state index contributed by atoms with van der Waals surface area (Å²) < 4.78 is 0. The summed E-state index contributed by atoms with van der Waals surface area (Å²) in [5.74, 6) is -0.477. The highest BCUT2D eigenvalue weighted by atomic mass is 16.2. The van der Waals surface area contributed by atoms with E-state index in [0.717, 1.165) is 32.7 Å². The molecule has 0 aromatic heterocycles. The zero-order chi connectivity index (χ0) is 19.1. The SMILES string of the molecule is Nc1ccc(C(=O)Nc2ccccc2C(=O)NCCN2CCNCC2)cc1. The zero-order valence-electron chi connectivity index (χ0n) is 15.2. The molecule has 2 aromatic carbocycles. The minimum absolute atomic E-state index is 0.196. The Kier molecular flexibility index (Phi) is 6.40. The summed E-state index contributed by atoms with van der Waals surface area (Å²) in [5, 5.41) is 9.05. The van der Waals surface area contributed by atoms with Crippen LogP contribution in [0.3, 0.4) is 0 Å². The lowest BCUT2D eigenvalue weighted by atomic mass is 10.1. The molecule has 3 rings (SSSR count). The van der Waals surface area contributed by atoms with Gasteiger partial charge in [0.1, 0.15) is 0 Å². The van der Waals surface area contributed by atoms with Gasteiger partial charge in [-0.1, -0.05) is 12.1 Å². The van der Waals surface area contributed by atoms with Crippen LogP contribution < -0.4 is 21.7 Å². The van der Waals surface area contributed by atoms with Crippen LogP contribution in [0.5, 0.6) is 0 Å². The van der Waals surface area contributed by atoms with Crippen molar-refractivity contribution in [3.8, 4) is 0 Å². The minimum atomic E-state index is -0.281. The molecule has 1 saturated heterocycles. The van der Waals surface area contributed by atoms with Crippen LogP contribution in [0.1, 0.15) is 20.7 Å². The monoisotopic (exact) mass is 367 g/mol. The largest absolute Gasteiger partial charge is 0.399 e. The number of para-hydroxylation sites is 1. The number of anilines is 2. The Bertz CT molecular complexity index is 785. The molecule has 0 spiro atoms. The van der Waals surface area contributed by atoms with E-state index in [1.165, 1.54) is 0 Å². The van der Waals surface area contributed by atoms with Gasteiger partial charge >= 0.3 is 0 Å². The molecule has 5 N–H and O–H groups in total. The molecular weight excluding hydrogens is 342 g/mol. The number of hydrogen-bond acceptors (Lipinski definition) is 5. The van der Waals surface area contributed by atoms with Gasteiger partial charge in [0.15, 0.2) is 0 Å². The second-order valence-corrected chi connectivity index (χ2v) is 6.47. The minimum Gasteiger partial charge on any atom is -0.399 e. The van der Waals surface area contributed by atoms with Crippen molar-refractivity contribution >= 4 is 23.2 Å². The fourth-order valence-electron chi connectivity index (χ4n) is 2.98. The molecule has 27 heavy (non-hydrogen) atoms. The standard InChI is InChI=1S/C20H25N5O2/c21-16-7-5-15(6-8-16)19(26)24-18-4-2-1-3-17(18)20(27)23-11-14-25-12-9-22-10-13-25/h1-8,22H,9-14,21H2,(H,23,27)(H,24,26). The molecule has 1 heterocycles. The van der Waals surface area contributed by atoms with Crippen LogP contribution in [0.4, 0.5) is 11.4 Å². The van der Waals surface area contributed by atoms with E-state index in [-0.39, 0.29) is 11.8 Å². The fraction of sp³-hybridized carbons (Fsp3) is 0.300. The first-order valence-electron chi connectivity index (χ1n) is 9.10. The molecule has 0 bridgehead atoms. The number of nitrogens with zero attached hydrogens (tertiary/aromatic N) is 1. The van der Waals surface area contributed by atoms with Crippen molar-refractivity contribution in [3.05, 3.63) is 59.7 Å². The molecule has 1 aliphatic rings. The lowest BCUT2D eigenvalue weighted by molar-refractivity contribution is 0.0948. The van der Waals surface area contributed by atoms with Crippen LogP contribution in [0.2, 0.25) is 0 Å². The predicted molar refractivity (Wildman–Crippen MR) is 107 cm³/mol. The molecule has 0 radical (unpaired) electrons. The molecule has 1 fully saturated rings. The van der Waals surface area contributed by atoms with Crippen molar-refractivity contribution in [3.63, 3.8) is 0 Å². The Hall–Kier alpha value is -2.90. The summed E-state index contributed by atoms with van der Waals surface area (Å²) in [6.07, 6.45) is 0. The smallest absolute Gasteiger partial charge is 0.255 e. The molecule has 0 saturated carbocycles. The average molecular weight is 367 g/mol. The van der Waals surface area contributed by atoms with Gasteiger partial charge in [-0.15, -0.1) is 0 Å². The second-order valence-electron chi connectivity index (χ2n) is 6.47. The van der Waals surface area contributed by atoms with Crippen LogP contribution in [0.15, 0.2) is 48.5 Å². The fourth-order valence-corrected chi connectivity index (χ4v) is 2.98. The van der Waals surface area contributed by atoms with E-state index in [1.54, 1.807) is 48.5 Å². The lowest BCUT2D eigenvalue weighted by Gasteiger charge is -2.27. The molecule has 2 amide bonds. The summed E-state index contributed by atoms with van der Waals surface area (Å²) >= 11 is 0. The van der Waals surface area contributed by atoms with Crippen molar-refractivity contribution < 1.29 is 9.59 Å². The Morgan fingerprint density at radius 1 is 1.00 bits per heavy atom. The number of hydrogen-bond donors (Lipinski definition) is 4. The number of nitrogens with one attached hydrogen (secondary N) is 3. The van der Waals surface area contributed by atoms with E-state index in [9.17, 15) is 9.59 Å².